The van der Waals surface area contributed by atoms with Gasteiger partial charge in [0.15, 0.2) is 5.65 Å². The molecule has 1 aliphatic heterocycles. The van der Waals surface area contributed by atoms with Gasteiger partial charge in [-0.05, 0) is 51.2 Å². The number of halogens is 2. The molecule has 2 aromatic heterocycles. The number of amides is 3. The van der Waals surface area contributed by atoms with Crippen LogP contribution >= 0.6 is 0 Å². The summed E-state index contributed by atoms with van der Waals surface area (Å²) in [5.41, 5.74) is 1.92. The van der Waals surface area contributed by atoms with Crippen molar-refractivity contribution in [1.82, 2.24) is 30.1 Å². The summed E-state index contributed by atoms with van der Waals surface area (Å²) in [4.78, 5) is 30.7. The van der Waals surface area contributed by atoms with E-state index in [2.05, 4.69) is 20.7 Å². The van der Waals surface area contributed by atoms with E-state index in [0.29, 0.717) is 24.4 Å². The van der Waals surface area contributed by atoms with Crippen LogP contribution in [0.5, 0.6) is 0 Å². The molecular weight excluding hydrogens is 434 g/mol. The van der Waals surface area contributed by atoms with Crippen LogP contribution in [-0.4, -0.2) is 56.2 Å². The normalized spacial score (nSPS) is 21.9. The first kappa shape index (κ1) is 23.2. The van der Waals surface area contributed by atoms with Gasteiger partial charge in [-0.15, -0.1) is 0 Å². The zero-order chi connectivity index (χ0) is 23.8. The van der Waals surface area contributed by atoms with Gasteiger partial charge < -0.3 is 20.3 Å². The maximum atomic E-state index is 13.7. The molecule has 9 nitrogen and oxygen atoms in total. The summed E-state index contributed by atoms with van der Waals surface area (Å²) in [6.07, 6.45) is 2.57. The van der Waals surface area contributed by atoms with Crippen LogP contribution in [0.1, 0.15) is 63.8 Å². The van der Waals surface area contributed by atoms with Crippen molar-refractivity contribution in [3.05, 3.63) is 29.7 Å². The van der Waals surface area contributed by atoms with Gasteiger partial charge in [-0.1, -0.05) is 0 Å². The smallest absolute Gasteiger partial charge is 0.407 e. The largest absolute Gasteiger partial charge is 0.447 e. The van der Waals surface area contributed by atoms with Crippen molar-refractivity contribution in [1.29, 1.82) is 0 Å². The van der Waals surface area contributed by atoms with Crippen molar-refractivity contribution >= 4 is 17.8 Å². The first-order chi connectivity index (χ1) is 15.6. The van der Waals surface area contributed by atoms with Gasteiger partial charge in [0.05, 0.1) is 30.2 Å². The van der Waals surface area contributed by atoms with E-state index in [4.69, 9.17) is 4.74 Å². The summed E-state index contributed by atoms with van der Waals surface area (Å²) in [5.74, 6) is -2.86. The zero-order valence-corrected chi connectivity index (χ0v) is 19.1. The molecular formula is C22H30F2N6O3. The highest BCUT2D eigenvalue weighted by molar-refractivity contribution is 5.76. The number of imidazole rings is 1. The number of rotatable bonds is 6. The number of carbonyl (C=O) groups excluding carboxylic acids is 2. The molecule has 1 aliphatic carbocycles. The maximum absolute atomic E-state index is 13.7. The predicted octanol–water partition coefficient (Wildman–Crippen LogP) is 3.64. The Kier molecular flexibility index (Phi) is 6.40. The average molecular weight is 465 g/mol. The minimum absolute atomic E-state index is 0.0903. The molecule has 4 rings (SSSR count). The van der Waals surface area contributed by atoms with Crippen molar-refractivity contribution in [2.45, 2.75) is 77.1 Å². The number of ether oxygens (including phenoxy) is 1. The van der Waals surface area contributed by atoms with Gasteiger partial charge in [-0.2, -0.15) is 5.10 Å². The van der Waals surface area contributed by atoms with E-state index in [1.807, 2.05) is 13.0 Å². The molecule has 1 saturated carbocycles. The summed E-state index contributed by atoms with van der Waals surface area (Å²) < 4.78 is 34.3. The highest BCUT2D eigenvalue weighted by atomic mass is 19.3. The molecule has 1 saturated heterocycles. The number of carbonyl (C=O) groups is 2. The second-order valence-electron chi connectivity index (χ2n) is 9.33. The SMILES string of the molecule is CC(C)OC(=O)N[C@H](c1cn2ncc(CN3C[C@@H](C)NC3=O)cc2n1)C1CCC(F)(F)CC1. The van der Waals surface area contributed by atoms with Crippen LogP contribution in [0.15, 0.2) is 18.5 Å². The lowest BCUT2D eigenvalue weighted by molar-refractivity contribution is -0.0498. The predicted molar refractivity (Wildman–Crippen MR) is 116 cm³/mol. The quantitative estimate of drug-likeness (QED) is 0.680. The van der Waals surface area contributed by atoms with Crippen LogP contribution in [0, 0.1) is 5.92 Å². The maximum Gasteiger partial charge on any atom is 0.407 e. The first-order valence-electron chi connectivity index (χ1n) is 11.3. The second kappa shape index (κ2) is 9.11. The fourth-order valence-corrected chi connectivity index (χ4v) is 4.49. The topological polar surface area (TPSA) is 101 Å². The molecule has 0 unspecified atom stereocenters. The van der Waals surface area contributed by atoms with Gasteiger partial charge >= 0.3 is 12.1 Å². The van der Waals surface area contributed by atoms with E-state index in [0.717, 1.165) is 5.56 Å². The minimum Gasteiger partial charge on any atom is -0.447 e. The Morgan fingerprint density at radius 1 is 1.36 bits per heavy atom. The molecule has 2 N–H and O–H groups in total. The number of aromatic nitrogens is 3. The van der Waals surface area contributed by atoms with E-state index in [9.17, 15) is 18.4 Å². The second-order valence-corrected chi connectivity index (χ2v) is 9.33. The molecule has 180 valence electrons. The first-order valence-corrected chi connectivity index (χ1v) is 11.3. The summed E-state index contributed by atoms with van der Waals surface area (Å²) in [5, 5.41) is 10.1. The summed E-state index contributed by atoms with van der Waals surface area (Å²) in [7, 11) is 0. The van der Waals surface area contributed by atoms with E-state index >= 15 is 0 Å². The third-order valence-electron chi connectivity index (χ3n) is 6.09. The van der Waals surface area contributed by atoms with E-state index in [1.165, 1.54) is 0 Å². The Morgan fingerprint density at radius 2 is 2.09 bits per heavy atom. The number of alkyl halides is 2. The zero-order valence-electron chi connectivity index (χ0n) is 19.1. The highest BCUT2D eigenvalue weighted by Gasteiger charge is 2.39. The highest BCUT2D eigenvalue weighted by Crippen LogP contribution is 2.41. The van der Waals surface area contributed by atoms with E-state index in [1.54, 1.807) is 35.7 Å². The van der Waals surface area contributed by atoms with Gasteiger partial charge in [0.25, 0.3) is 0 Å². The standard InChI is InChI=1S/C22H30F2N6O3/c1-13(2)33-21(32)28-19(16-4-6-22(23,24)7-5-16)17-12-30-18(27-17)8-15(9-25-30)11-29-10-14(3)26-20(29)31/h8-9,12-14,16,19H,4-7,10-11H2,1-3H3,(H,26,31)(H,28,32)/t14-,19+/m1/s1. The Bertz CT molecular complexity index is 1020. The van der Waals surface area contributed by atoms with Crippen molar-refractivity contribution < 1.29 is 23.1 Å². The van der Waals surface area contributed by atoms with E-state index in [-0.39, 0.29) is 49.8 Å². The van der Waals surface area contributed by atoms with Crippen LogP contribution in [0.2, 0.25) is 0 Å². The molecule has 3 amide bonds. The van der Waals surface area contributed by atoms with Gasteiger partial charge in [0, 0.05) is 32.0 Å². The number of fused-ring (bicyclic) bond motifs is 1. The summed E-state index contributed by atoms with van der Waals surface area (Å²) >= 11 is 0. The molecule has 2 aliphatic rings. The van der Waals surface area contributed by atoms with Crippen molar-refractivity contribution in [3.8, 4) is 0 Å². The van der Waals surface area contributed by atoms with Crippen molar-refractivity contribution in [3.63, 3.8) is 0 Å². The fraction of sp³-hybridized carbons (Fsp3) is 0.636. The number of nitrogens with zero attached hydrogens (tertiary/aromatic N) is 4. The summed E-state index contributed by atoms with van der Waals surface area (Å²) in [6, 6.07) is 1.24. The average Bonchev–Trinajstić information content (AvgIpc) is 3.28. The Balaban J connectivity index is 1.56. The fourth-order valence-electron chi connectivity index (χ4n) is 4.49. The van der Waals surface area contributed by atoms with Crippen LogP contribution < -0.4 is 10.6 Å². The molecule has 0 bridgehead atoms. The molecule has 11 heteroatoms. The molecule has 0 aromatic carbocycles. The van der Waals surface area contributed by atoms with Crippen LogP contribution in [0.3, 0.4) is 0 Å². The molecule has 2 atom stereocenters. The lowest BCUT2D eigenvalue weighted by Gasteiger charge is -2.33. The third kappa shape index (κ3) is 5.51. The number of urea groups is 1. The van der Waals surface area contributed by atoms with Crippen LogP contribution in [0.4, 0.5) is 18.4 Å². The van der Waals surface area contributed by atoms with Gasteiger partial charge in [-0.3, -0.25) is 0 Å². The minimum atomic E-state index is -2.67. The number of hydrogen-bond acceptors (Lipinski definition) is 5. The van der Waals surface area contributed by atoms with Crippen LogP contribution in [-0.2, 0) is 11.3 Å². The van der Waals surface area contributed by atoms with Gasteiger partial charge in [-0.25, -0.2) is 27.9 Å². The number of nitrogens with one attached hydrogen (secondary N) is 2. The van der Waals surface area contributed by atoms with E-state index < -0.39 is 18.1 Å². The summed E-state index contributed by atoms with van der Waals surface area (Å²) in [6.45, 7) is 6.45. The van der Waals surface area contributed by atoms with Crippen molar-refractivity contribution in [2.75, 3.05) is 6.54 Å². The molecule has 3 heterocycles. The van der Waals surface area contributed by atoms with Gasteiger partial charge in [0.2, 0.25) is 5.92 Å². The van der Waals surface area contributed by atoms with Crippen LogP contribution in [0.25, 0.3) is 5.65 Å². The Hall–Kier alpha value is -2.98. The number of hydrogen-bond donors (Lipinski definition) is 2. The monoisotopic (exact) mass is 464 g/mol. The molecule has 0 spiro atoms. The Morgan fingerprint density at radius 3 is 2.73 bits per heavy atom. The van der Waals surface area contributed by atoms with Crippen molar-refractivity contribution in [2.24, 2.45) is 5.92 Å². The Labute approximate surface area is 190 Å². The lowest BCUT2D eigenvalue weighted by Crippen LogP contribution is -2.38. The number of alkyl carbamates (subject to hydrolysis) is 1. The third-order valence-corrected chi connectivity index (χ3v) is 6.09. The lowest BCUT2D eigenvalue weighted by atomic mass is 9.81. The van der Waals surface area contributed by atoms with Gasteiger partial charge in [0.1, 0.15) is 0 Å². The molecule has 33 heavy (non-hydrogen) atoms. The molecule has 2 aromatic rings. The molecule has 2 fully saturated rings. The molecule has 0 radical (unpaired) electrons.